The molecule has 0 aromatic carbocycles. The van der Waals surface area contributed by atoms with Gasteiger partial charge in [-0.2, -0.15) is 0 Å². The number of carbonyl (C=O) groups is 1. The highest BCUT2D eigenvalue weighted by Crippen LogP contribution is 2.46. The third-order valence-electron chi connectivity index (χ3n) is 5.94. The predicted octanol–water partition coefficient (Wildman–Crippen LogP) is 5.01. The van der Waals surface area contributed by atoms with Crippen LogP contribution in [0.5, 0.6) is 0 Å². The van der Waals surface area contributed by atoms with Crippen LogP contribution in [0.3, 0.4) is 0 Å². The lowest BCUT2D eigenvalue weighted by atomic mass is 9.83. The second kappa shape index (κ2) is 12.6. The van der Waals surface area contributed by atoms with Gasteiger partial charge in [-0.25, -0.2) is 0 Å². The zero-order valence-electron chi connectivity index (χ0n) is 18.7. The van der Waals surface area contributed by atoms with Crippen LogP contribution in [-0.2, 0) is 23.4 Å². The van der Waals surface area contributed by atoms with Gasteiger partial charge in [0.15, 0.2) is 0 Å². The molecule has 1 fully saturated rings. The van der Waals surface area contributed by atoms with Crippen molar-refractivity contribution < 1.29 is 28.3 Å². The fraction of sp³-hybridized carbons (Fsp3) is 0.905. The van der Waals surface area contributed by atoms with Crippen LogP contribution < -0.4 is 0 Å². The quantitative estimate of drug-likeness (QED) is 0.233. The van der Waals surface area contributed by atoms with Crippen LogP contribution in [0.15, 0.2) is 4.99 Å². The van der Waals surface area contributed by atoms with E-state index in [0.717, 1.165) is 24.3 Å². The first-order valence-corrected chi connectivity index (χ1v) is 13.9. The Kier molecular flexibility index (Phi) is 10.9. The Balaban J connectivity index is 1.74. The van der Waals surface area contributed by atoms with E-state index in [-0.39, 0.29) is 48.2 Å². The summed E-state index contributed by atoms with van der Waals surface area (Å²) in [6.07, 6.45) is 7.02. The van der Waals surface area contributed by atoms with Crippen molar-refractivity contribution in [1.29, 1.82) is 0 Å². The zero-order valence-corrected chi connectivity index (χ0v) is 20.5. The lowest BCUT2D eigenvalue weighted by Gasteiger charge is -2.40. The molecule has 2 heterocycles. The molecule has 9 heteroatoms. The Bertz CT molecular complexity index is 631. The van der Waals surface area contributed by atoms with Crippen molar-refractivity contribution in [3.8, 4) is 0 Å². The fourth-order valence-electron chi connectivity index (χ4n) is 3.79. The van der Waals surface area contributed by atoms with E-state index in [1.807, 2.05) is 0 Å². The second-order valence-electron chi connectivity index (χ2n) is 8.41. The van der Waals surface area contributed by atoms with Gasteiger partial charge in [0, 0.05) is 13.3 Å². The maximum atomic E-state index is 12.3. The van der Waals surface area contributed by atoms with Crippen molar-refractivity contribution in [2.24, 2.45) is 16.8 Å². The van der Waals surface area contributed by atoms with Gasteiger partial charge in [0.25, 0.3) is 0 Å². The maximum absolute atomic E-state index is 12.3. The summed E-state index contributed by atoms with van der Waals surface area (Å²) in [5.74, 6) is 0.175. The zero-order chi connectivity index (χ0) is 22.1. The van der Waals surface area contributed by atoms with E-state index in [4.69, 9.17) is 19.0 Å². The van der Waals surface area contributed by atoms with E-state index in [0.29, 0.717) is 13.0 Å². The Morgan fingerprint density at radius 2 is 1.90 bits per heavy atom. The number of aliphatic imine (C=N–C) groups is 1. The van der Waals surface area contributed by atoms with Gasteiger partial charge >= 0.3 is 13.6 Å². The number of nitrogens with zero attached hydrogens (tertiary/aromatic N) is 1. The van der Waals surface area contributed by atoms with Crippen LogP contribution in [0.4, 0.5) is 0 Å². The molecule has 0 aromatic heterocycles. The first kappa shape index (κ1) is 25.9. The molecular weight excluding hydrogens is 425 g/mol. The lowest BCUT2D eigenvalue weighted by Crippen LogP contribution is -2.47. The monoisotopic (exact) mass is 463 g/mol. The number of thioether (sulfide) groups is 1. The molecule has 1 saturated heterocycles. The van der Waals surface area contributed by atoms with Crippen LogP contribution in [0.2, 0.25) is 0 Å². The number of hydrogen-bond acceptors (Lipinski definition) is 7. The summed E-state index contributed by atoms with van der Waals surface area (Å²) in [6, 6.07) is 0.0238. The molecule has 2 aliphatic heterocycles. The Morgan fingerprint density at radius 1 is 1.20 bits per heavy atom. The molecule has 2 aliphatic rings. The van der Waals surface area contributed by atoms with Gasteiger partial charge < -0.3 is 18.9 Å². The molecule has 6 atom stereocenters. The molecule has 1 unspecified atom stereocenters. The SMILES string of the molecule is CCCCCCCCOP(=O)(O)CCC1=N[C@@H]2[C@@H](C)[C@H](C)[C@@H](COC(C)=O)O[C@@H]2S1. The van der Waals surface area contributed by atoms with Gasteiger partial charge in [-0.15, -0.1) is 0 Å². The molecule has 0 radical (unpaired) electrons. The number of ether oxygens (including phenoxy) is 2. The fourth-order valence-corrected chi connectivity index (χ4v) is 6.29. The Morgan fingerprint density at radius 3 is 2.60 bits per heavy atom. The summed E-state index contributed by atoms with van der Waals surface area (Å²) in [6.45, 7) is 8.39. The molecular formula is C21H38NO6PS. The first-order chi connectivity index (χ1) is 14.2. The van der Waals surface area contributed by atoms with E-state index >= 15 is 0 Å². The number of hydrogen-bond donors (Lipinski definition) is 1. The number of rotatable bonds is 13. The molecule has 7 nitrogen and oxygen atoms in total. The Hall–Kier alpha value is -0.400. The number of fused-ring (bicyclic) bond motifs is 1. The molecule has 1 N–H and O–H groups in total. The minimum absolute atomic E-state index is 0.0238. The molecule has 0 amide bonds. The molecule has 0 aromatic rings. The van der Waals surface area contributed by atoms with Crippen molar-refractivity contribution in [3.05, 3.63) is 0 Å². The van der Waals surface area contributed by atoms with Gasteiger partial charge in [-0.3, -0.25) is 14.4 Å². The van der Waals surface area contributed by atoms with E-state index in [1.54, 1.807) is 0 Å². The van der Waals surface area contributed by atoms with Crippen molar-refractivity contribution in [3.63, 3.8) is 0 Å². The highest BCUT2D eigenvalue weighted by Gasteiger charge is 2.45. The predicted molar refractivity (Wildman–Crippen MR) is 121 cm³/mol. The normalized spacial score (nSPS) is 30.4. The van der Waals surface area contributed by atoms with Crippen LogP contribution in [0, 0.1) is 11.8 Å². The van der Waals surface area contributed by atoms with Crippen molar-refractivity contribution >= 4 is 30.4 Å². The average molecular weight is 464 g/mol. The molecule has 0 bridgehead atoms. The molecule has 30 heavy (non-hydrogen) atoms. The number of unbranched alkanes of at least 4 members (excludes halogenated alkanes) is 5. The first-order valence-electron chi connectivity index (χ1n) is 11.2. The number of carbonyl (C=O) groups excluding carboxylic acids is 1. The third-order valence-corrected chi connectivity index (χ3v) is 8.52. The standard InChI is InChI=1S/C21H38NO6PS/c1-5-6-7-8-9-10-12-27-29(24,25)13-11-19-22-20-16(3)15(2)18(14-26-17(4)23)28-21(20)30-19/h15-16,18,20-21H,5-14H2,1-4H3,(H,24,25)/t15-,16-,18+,20+,21+/m0/s1. The van der Waals surface area contributed by atoms with Crippen molar-refractivity contribution in [2.45, 2.75) is 90.2 Å². The maximum Gasteiger partial charge on any atom is 0.328 e. The summed E-state index contributed by atoms with van der Waals surface area (Å²) in [7, 11) is -3.60. The Labute approximate surface area is 185 Å². The number of esters is 1. The molecule has 174 valence electrons. The average Bonchev–Trinajstić information content (AvgIpc) is 3.10. The molecule has 0 spiro atoms. The van der Waals surface area contributed by atoms with Crippen LogP contribution in [-0.4, -0.2) is 52.9 Å². The van der Waals surface area contributed by atoms with E-state index in [9.17, 15) is 14.3 Å². The van der Waals surface area contributed by atoms with Crippen LogP contribution >= 0.6 is 19.4 Å². The van der Waals surface area contributed by atoms with Crippen molar-refractivity contribution in [2.75, 3.05) is 19.4 Å². The van der Waals surface area contributed by atoms with Gasteiger partial charge in [0.05, 0.1) is 30.0 Å². The van der Waals surface area contributed by atoms with Crippen LogP contribution in [0.1, 0.15) is 72.6 Å². The lowest BCUT2D eigenvalue weighted by molar-refractivity contribution is -0.152. The highest BCUT2D eigenvalue weighted by atomic mass is 32.2. The minimum atomic E-state index is -3.60. The summed E-state index contributed by atoms with van der Waals surface area (Å²) in [5, 5.41) is 0.842. The van der Waals surface area contributed by atoms with Gasteiger partial charge in [-0.1, -0.05) is 64.6 Å². The second-order valence-corrected chi connectivity index (χ2v) is 11.6. The summed E-state index contributed by atoms with van der Waals surface area (Å²) >= 11 is 1.52. The molecule has 0 saturated carbocycles. The summed E-state index contributed by atoms with van der Waals surface area (Å²) in [4.78, 5) is 26.0. The molecule has 0 aliphatic carbocycles. The van der Waals surface area contributed by atoms with Gasteiger partial charge in [0.2, 0.25) is 0 Å². The van der Waals surface area contributed by atoms with Gasteiger partial charge in [-0.05, 0) is 18.3 Å². The van der Waals surface area contributed by atoms with E-state index < -0.39 is 7.60 Å². The third kappa shape index (κ3) is 8.27. The topological polar surface area (TPSA) is 94.4 Å². The molecule has 2 rings (SSSR count). The van der Waals surface area contributed by atoms with E-state index in [2.05, 4.69) is 20.8 Å². The van der Waals surface area contributed by atoms with Crippen molar-refractivity contribution in [1.82, 2.24) is 0 Å². The smallest absolute Gasteiger partial charge is 0.328 e. The highest BCUT2D eigenvalue weighted by molar-refractivity contribution is 8.14. The van der Waals surface area contributed by atoms with E-state index in [1.165, 1.54) is 37.9 Å². The van der Waals surface area contributed by atoms with Gasteiger partial charge in [0.1, 0.15) is 12.0 Å². The minimum Gasteiger partial charge on any atom is -0.463 e. The summed E-state index contributed by atoms with van der Waals surface area (Å²) in [5.41, 5.74) is -0.131. The van der Waals surface area contributed by atoms with Crippen LogP contribution in [0.25, 0.3) is 0 Å². The summed E-state index contributed by atoms with van der Waals surface area (Å²) < 4.78 is 28.9. The largest absolute Gasteiger partial charge is 0.463 e.